The molecule has 0 atom stereocenters. The molecule has 1 aliphatic heterocycles. The summed E-state index contributed by atoms with van der Waals surface area (Å²) in [6, 6.07) is 3.85. The Labute approximate surface area is 210 Å². The topological polar surface area (TPSA) is 89.5 Å². The van der Waals surface area contributed by atoms with Gasteiger partial charge >= 0.3 is 0 Å². The van der Waals surface area contributed by atoms with Gasteiger partial charge in [-0.25, -0.2) is 23.7 Å². The summed E-state index contributed by atoms with van der Waals surface area (Å²) >= 11 is 0. The first-order chi connectivity index (χ1) is 17.4. The summed E-state index contributed by atoms with van der Waals surface area (Å²) in [4.78, 5) is 27.3. The van der Waals surface area contributed by atoms with Gasteiger partial charge in [-0.3, -0.25) is 4.79 Å². The van der Waals surface area contributed by atoms with Gasteiger partial charge in [0, 0.05) is 37.3 Å². The molecule has 1 saturated carbocycles. The molecule has 3 heterocycles. The number of ether oxygens (including phenoxy) is 2. The predicted octanol–water partition coefficient (Wildman–Crippen LogP) is 3.37. The molecule has 0 aromatic carbocycles. The molecule has 0 radical (unpaired) electrons. The monoisotopic (exact) mass is 503 g/mol. The lowest BCUT2D eigenvalue weighted by atomic mass is 9.84. The van der Waals surface area contributed by atoms with Gasteiger partial charge in [0.15, 0.2) is 19.0 Å². The second-order valence-corrected chi connectivity index (χ2v) is 9.63. The van der Waals surface area contributed by atoms with Crippen molar-refractivity contribution < 1.29 is 23.0 Å². The highest BCUT2D eigenvalue weighted by Gasteiger charge is 2.24. The Morgan fingerprint density at radius 2 is 1.86 bits per heavy atom. The van der Waals surface area contributed by atoms with E-state index in [1.165, 1.54) is 5.56 Å². The number of nitrogens with one attached hydrogen (secondary N) is 1. The minimum absolute atomic E-state index is 0.0294. The van der Waals surface area contributed by atoms with Crippen LogP contribution in [-0.2, 0) is 17.6 Å². The highest BCUT2D eigenvalue weighted by molar-refractivity contribution is 5.77. The number of alkyl halides is 2. The molecule has 1 N–H and O–H groups in total. The molecule has 4 rings (SSSR count). The van der Waals surface area contributed by atoms with Crippen LogP contribution in [0.3, 0.4) is 0 Å². The molecule has 0 bridgehead atoms. The number of carbonyl (C=O) groups is 1. The van der Waals surface area contributed by atoms with E-state index >= 15 is 0 Å². The van der Waals surface area contributed by atoms with E-state index in [1.807, 2.05) is 6.07 Å². The molecule has 2 aromatic heterocycles. The molecule has 2 aromatic rings. The van der Waals surface area contributed by atoms with E-state index in [9.17, 15) is 13.6 Å². The van der Waals surface area contributed by atoms with Gasteiger partial charge in [0.2, 0.25) is 5.88 Å². The lowest BCUT2D eigenvalue weighted by molar-refractivity contribution is -0.124. The first kappa shape index (κ1) is 26.2. The third-order valence-electron chi connectivity index (χ3n) is 6.95. The number of carbonyl (C=O) groups excluding carboxylic acids is 1. The average molecular weight is 504 g/mol. The van der Waals surface area contributed by atoms with Gasteiger partial charge in [-0.15, -0.1) is 0 Å². The molecule has 0 spiro atoms. The summed E-state index contributed by atoms with van der Waals surface area (Å²) in [7, 11) is 0. The molecule has 1 fully saturated rings. The summed E-state index contributed by atoms with van der Waals surface area (Å²) in [5, 5.41) is 3.09. The minimum Gasteiger partial charge on any atom is -0.481 e. The molecule has 10 heteroatoms. The highest BCUT2D eigenvalue weighted by atomic mass is 19.3. The van der Waals surface area contributed by atoms with Crippen LogP contribution >= 0.6 is 0 Å². The van der Waals surface area contributed by atoms with Gasteiger partial charge in [-0.2, -0.15) is 0 Å². The maximum atomic E-state index is 12.4. The molecule has 8 nitrogen and oxygen atoms in total. The Morgan fingerprint density at radius 3 is 2.61 bits per heavy atom. The van der Waals surface area contributed by atoms with Crippen molar-refractivity contribution in [2.75, 3.05) is 32.8 Å². The first-order valence-corrected chi connectivity index (χ1v) is 12.8. The predicted molar refractivity (Wildman–Crippen MR) is 130 cm³/mol. The van der Waals surface area contributed by atoms with Crippen LogP contribution in [0.4, 0.5) is 8.78 Å². The van der Waals surface area contributed by atoms with Gasteiger partial charge in [0.05, 0.1) is 12.4 Å². The Kier molecular flexibility index (Phi) is 9.38. The van der Waals surface area contributed by atoms with E-state index < -0.39 is 13.0 Å². The molecule has 1 aliphatic carbocycles. The van der Waals surface area contributed by atoms with Crippen molar-refractivity contribution >= 4 is 5.91 Å². The zero-order valence-electron chi connectivity index (χ0n) is 20.8. The van der Waals surface area contributed by atoms with E-state index in [4.69, 9.17) is 9.47 Å². The lowest BCUT2D eigenvalue weighted by Gasteiger charge is -2.30. The van der Waals surface area contributed by atoms with Crippen LogP contribution in [0.1, 0.15) is 49.2 Å². The smallest absolute Gasteiger partial charge is 0.272 e. The number of aryl methyl sites for hydroxylation is 1. The van der Waals surface area contributed by atoms with E-state index in [2.05, 4.69) is 25.2 Å². The van der Waals surface area contributed by atoms with Crippen molar-refractivity contribution in [2.24, 2.45) is 5.92 Å². The van der Waals surface area contributed by atoms with Crippen LogP contribution in [0.15, 0.2) is 24.5 Å². The van der Waals surface area contributed by atoms with E-state index in [0.29, 0.717) is 17.5 Å². The zero-order valence-corrected chi connectivity index (χ0v) is 20.8. The van der Waals surface area contributed by atoms with Crippen molar-refractivity contribution in [1.82, 2.24) is 25.2 Å². The third kappa shape index (κ3) is 8.08. The molecule has 36 heavy (non-hydrogen) atoms. The molecule has 196 valence electrons. The summed E-state index contributed by atoms with van der Waals surface area (Å²) in [5.74, 6) is 1.99. The second kappa shape index (κ2) is 12.9. The van der Waals surface area contributed by atoms with E-state index in [0.717, 1.165) is 70.3 Å². The maximum absolute atomic E-state index is 12.4. The molecule has 2 aliphatic rings. The Bertz CT molecular complexity index is 984. The number of aromatic nitrogens is 3. The van der Waals surface area contributed by atoms with Crippen molar-refractivity contribution in [1.29, 1.82) is 0 Å². The molecular formula is C26H35F2N5O3. The fraction of sp³-hybridized carbons (Fsp3) is 0.615. The van der Waals surface area contributed by atoms with Gasteiger partial charge in [-0.05, 0) is 63.5 Å². The van der Waals surface area contributed by atoms with Crippen molar-refractivity contribution in [3.63, 3.8) is 0 Å². The van der Waals surface area contributed by atoms with Gasteiger partial charge < -0.3 is 19.7 Å². The van der Waals surface area contributed by atoms with Crippen LogP contribution in [0, 0.1) is 12.8 Å². The second-order valence-electron chi connectivity index (χ2n) is 9.63. The van der Waals surface area contributed by atoms with Crippen molar-refractivity contribution in [2.45, 2.75) is 64.3 Å². The van der Waals surface area contributed by atoms with Crippen LogP contribution in [-0.4, -0.2) is 71.1 Å². The molecule has 1 amide bonds. The van der Waals surface area contributed by atoms with Crippen LogP contribution in [0.5, 0.6) is 11.6 Å². The Hall–Kier alpha value is -2.88. The van der Waals surface area contributed by atoms with Crippen LogP contribution in [0.25, 0.3) is 0 Å². The number of pyridine rings is 1. The zero-order chi connectivity index (χ0) is 25.3. The Morgan fingerprint density at radius 1 is 1.11 bits per heavy atom. The minimum atomic E-state index is -2.50. The lowest BCUT2D eigenvalue weighted by Crippen LogP contribution is -2.40. The maximum Gasteiger partial charge on any atom is 0.272 e. The number of nitrogens with zero attached hydrogens (tertiary/aromatic N) is 4. The quantitative estimate of drug-likeness (QED) is 0.532. The summed E-state index contributed by atoms with van der Waals surface area (Å²) < 4.78 is 35.4. The average Bonchev–Trinajstić information content (AvgIpc) is 3.08. The summed E-state index contributed by atoms with van der Waals surface area (Å²) in [5.41, 5.74) is 2.14. The number of hydrogen-bond acceptors (Lipinski definition) is 7. The number of amides is 1. The normalized spacial score (nSPS) is 20.4. The molecule has 0 saturated heterocycles. The third-order valence-corrected chi connectivity index (χ3v) is 6.95. The molecule has 0 unspecified atom stereocenters. The fourth-order valence-corrected chi connectivity index (χ4v) is 4.90. The van der Waals surface area contributed by atoms with E-state index in [1.54, 1.807) is 25.4 Å². The van der Waals surface area contributed by atoms with Gasteiger partial charge in [-0.1, -0.05) is 6.07 Å². The van der Waals surface area contributed by atoms with Crippen LogP contribution < -0.4 is 14.8 Å². The van der Waals surface area contributed by atoms with Crippen molar-refractivity contribution in [3.8, 4) is 11.6 Å². The number of fused-ring (bicyclic) bond motifs is 1. The fourth-order valence-electron chi connectivity index (χ4n) is 4.90. The number of hydrogen-bond donors (Lipinski definition) is 1. The number of halogens is 2. The highest BCUT2D eigenvalue weighted by Crippen LogP contribution is 2.27. The largest absolute Gasteiger partial charge is 0.481 e. The van der Waals surface area contributed by atoms with Crippen LogP contribution in [0.2, 0.25) is 0 Å². The standard InChI is InChI=1S/C26H35F2N5O3/c1-18-29-14-22(15-30-18)35-17-25(34)31-21-5-2-19(3-6-21)8-11-33-12-9-20-4-7-26(36-16-24(27)28)32-23(20)10-13-33/h4,7,14-15,19,21,24H,2-3,5-6,8-13,16-17H2,1H3,(H,31,34). The number of rotatable bonds is 10. The molecular weight excluding hydrogens is 468 g/mol. The Balaban J connectivity index is 1.13. The summed E-state index contributed by atoms with van der Waals surface area (Å²) in [6.07, 6.45) is 7.69. The first-order valence-electron chi connectivity index (χ1n) is 12.8. The summed E-state index contributed by atoms with van der Waals surface area (Å²) in [6.45, 7) is 4.07. The van der Waals surface area contributed by atoms with Gasteiger partial charge in [0.1, 0.15) is 5.82 Å². The van der Waals surface area contributed by atoms with Gasteiger partial charge in [0.25, 0.3) is 12.3 Å². The SMILES string of the molecule is Cc1ncc(OCC(=O)NC2CCC(CCN3CCc4ccc(OCC(F)F)nc4CC3)CC2)cn1. The van der Waals surface area contributed by atoms with Crippen molar-refractivity contribution in [3.05, 3.63) is 41.6 Å². The van der Waals surface area contributed by atoms with E-state index in [-0.39, 0.29) is 24.4 Å².